The minimum absolute atomic E-state index is 0.00652. The van der Waals surface area contributed by atoms with Crippen LogP contribution in [0.1, 0.15) is 48.0 Å². The molecule has 1 aliphatic heterocycles. The van der Waals surface area contributed by atoms with Crippen LogP contribution in [0.3, 0.4) is 0 Å². The SMILES string of the molecule is O=C1c2ccccc2N(Cc2ccccc2)C(=O)CN1CC1CCCCC1. The normalized spacial score (nSPS) is 18.4. The Hall–Kier alpha value is -2.62. The van der Waals surface area contributed by atoms with E-state index in [1.165, 1.54) is 19.3 Å². The summed E-state index contributed by atoms with van der Waals surface area (Å²) in [4.78, 5) is 29.9. The summed E-state index contributed by atoms with van der Waals surface area (Å²) in [6, 6.07) is 17.5. The van der Waals surface area contributed by atoms with E-state index < -0.39 is 0 Å². The lowest BCUT2D eigenvalue weighted by Gasteiger charge is -2.28. The first-order valence-electron chi connectivity index (χ1n) is 9.95. The molecule has 1 saturated carbocycles. The van der Waals surface area contributed by atoms with Crippen LogP contribution in [0, 0.1) is 5.92 Å². The minimum atomic E-state index is -0.0138. The van der Waals surface area contributed by atoms with Gasteiger partial charge in [-0.3, -0.25) is 9.59 Å². The highest BCUT2D eigenvalue weighted by Crippen LogP contribution is 2.30. The lowest BCUT2D eigenvalue weighted by molar-refractivity contribution is -0.119. The smallest absolute Gasteiger partial charge is 0.256 e. The number of amides is 2. The van der Waals surface area contributed by atoms with Gasteiger partial charge in [-0.2, -0.15) is 0 Å². The molecule has 1 aliphatic carbocycles. The number of carbonyl (C=O) groups is 2. The lowest BCUT2D eigenvalue weighted by atomic mass is 9.89. The number of hydrogen-bond donors (Lipinski definition) is 0. The summed E-state index contributed by atoms with van der Waals surface area (Å²) in [6.45, 7) is 1.34. The topological polar surface area (TPSA) is 40.6 Å². The molecule has 0 aromatic heterocycles. The highest BCUT2D eigenvalue weighted by atomic mass is 16.2. The molecule has 2 aromatic rings. The third kappa shape index (κ3) is 3.90. The molecular weight excluding hydrogens is 336 g/mol. The zero-order valence-corrected chi connectivity index (χ0v) is 15.6. The summed E-state index contributed by atoms with van der Waals surface area (Å²) in [6.07, 6.45) is 6.08. The number of benzene rings is 2. The first-order valence-corrected chi connectivity index (χ1v) is 9.95. The molecule has 2 aliphatic rings. The van der Waals surface area contributed by atoms with Gasteiger partial charge in [0.05, 0.1) is 17.8 Å². The van der Waals surface area contributed by atoms with Crippen molar-refractivity contribution in [2.24, 2.45) is 5.92 Å². The Bertz CT molecular complexity index is 812. The van der Waals surface area contributed by atoms with Gasteiger partial charge in [0.15, 0.2) is 0 Å². The van der Waals surface area contributed by atoms with Crippen molar-refractivity contribution in [2.45, 2.75) is 38.6 Å². The molecule has 0 unspecified atom stereocenters. The monoisotopic (exact) mass is 362 g/mol. The summed E-state index contributed by atoms with van der Waals surface area (Å²) in [5.74, 6) is 0.497. The summed E-state index contributed by atoms with van der Waals surface area (Å²) in [5, 5.41) is 0. The molecule has 0 atom stereocenters. The van der Waals surface area contributed by atoms with E-state index in [1.54, 1.807) is 9.80 Å². The van der Waals surface area contributed by atoms with Crippen molar-refractivity contribution in [3.8, 4) is 0 Å². The predicted molar refractivity (Wildman–Crippen MR) is 107 cm³/mol. The molecule has 140 valence electrons. The van der Waals surface area contributed by atoms with E-state index in [1.807, 2.05) is 54.6 Å². The van der Waals surface area contributed by atoms with Gasteiger partial charge in [0.1, 0.15) is 6.54 Å². The number of para-hydroxylation sites is 1. The quantitative estimate of drug-likeness (QED) is 0.815. The highest BCUT2D eigenvalue weighted by molar-refractivity contribution is 6.09. The largest absolute Gasteiger partial charge is 0.329 e. The molecule has 2 amide bonds. The molecule has 27 heavy (non-hydrogen) atoms. The average molecular weight is 362 g/mol. The molecule has 4 rings (SSSR count). The minimum Gasteiger partial charge on any atom is -0.329 e. The lowest BCUT2D eigenvalue weighted by Crippen LogP contribution is -2.41. The zero-order chi connectivity index (χ0) is 18.6. The van der Waals surface area contributed by atoms with Crippen molar-refractivity contribution in [1.29, 1.82) is 0 Å². The van der Waals surface area contributed by atoms with Gasteiger partial charge in [0, 0.05) is 6.54 Å². The molecule has 0 bridgehead atoms. The van der Waals surface area contributed by atoms with Gasteiger partial charge in [-0.15, -0.1) is 0 Å². The van der Waals surface area contributed by atoms with Crippen molar-refractivity contribution < 1.29 is 9.59 Å². The Labute approximate surface area is 160 Å². The highest BCUT2D eigenvalue weighted by Gasteiger charge is 2.32. The fraction of sp³-hybridized carbons (Fsp3) is 0.391. The van der Waals surface area contributed by atoms with E-state index in [2.05, 4.69) is 0 Å². The Balaban J connectivity index is 1.62. The van der Waals surface area contributed by atoms with E-state index in [9.17, 15) is 9.59 Å². The number of nitrogens with zero attached hydrogens (tertiary/aromatic N) is 2. The third-order valence-electron chi connectivity index (χ3n) is 5.73. The molecule has 4 heteroatoms. The standard InChI is InChI=1S/C23H26N2O2/c26-22-17-24(15-18-9-3-1-4-10-18)23(27)20-13-7-8-14-21(20)25(22)16-19-11-5-2-6-12-19/h2,5-8,11-14,18H,1,3-4,9-10,15-17H2. The van der Waals surface area contributed by atoms with Crippen LogP contribution >= 0.6 is 0 Å². The molecule has 0 N–H and O–H groups in total. The molecular formula is C23H26N2O2. The fourth-order valence-electron chi connectivity index (χ4n) is 4.28. The van der Waals surface area contributed by atoms with Crippen molar-refractivity contribution in [2.75, 3.05) is 18.0 Å². The molecule has 1 fully saturated rings. The second-order valence-electron chi connectivity index (χ2n) is 7.67. The molecule has 0 spiro atoms. The Morgan fingerprint density at radius 3 is 2.33 bits per heavy atom. The molecule has 0 radical (unpaired) electrons. The van der Waals surface area contributed by atoms with Crippen LogP contribution in [-0.2, 0) is 11.3 Å². The maximum Gasteiger partial charge on any atom is 0.256 e. The summed E-state index contributed by atoms with van der Waals surface area (Å²) in [5.41, 5.74) is 2.42. The first kappa shape index (κ1) is 17.8. The van der Waals surface area contributed by atoms with Crippen molar-refractivity contribution >= 4 is 17.5 Å². The average Bonchev–Trinajstić information content (AvgIpc) is 2.81. The van der Waals surface area contributed by atoms with E-state index in [0.717, 1.165) is 24.1 Å². The Morgan fingerprint density at radius 1 is 0.852 bits per heavy atom. The maximum absolute atomic E-state index is 13.2. The van der Waals surface area contributed by atoms with Gasteiger partial charge in [0.2, 0.25) is 5.91 Å². The zero-order valence-electron chi connectivity index (χ0n) is 15.6. The van der Waals surface area contributed by atoms with Crippen molar-refractivity contribution in [1.82, 2.24) is 4.90 Å². The van der Waals surface area contributed by atoms with Crippen molar-refractivity contribution in [3.63, 3.8) is 0 Å². The number of fused-ring (bicyclic) bond motifs is 1. The third-order valence-corrected chi connectivity index (χ3v) is 5.73. The van der Waals surface area contributed by atoms with Crippen LogP contribution in [-0.4, -0.2) is 29.8 Å². The molecule has 0 saturated heterocycles. The van der Waals surface area contributed by atoms with E-state index in [-0.39, 0.29) is 18.4 Å². The van der Waals surface area contributed by atoms with E-state index in [0.29, 0.717) is 24.6 Å². The van der Waals surface area contributed by atoms with Crippen LogP contribution in [0.15, 0.2) is 54.6 Å². The summed E-state index contributed by atoms with van der Waals surface area (Å²) < 4.78 is 0. The van der Waals surface area contributed by atoms with E-state index >= 15 is 0 Å². The molecule has 4 nitrogen and oxygen atoms in total. The van der Waals surface area contributed by atoms with Gasteiger partial charge in [0.25, 0.3) is 5.91 Å². The first-order chi connectivity index (χ1) is 13.2. The second-order valence-corrected chi connectivity index (χ2v) is 7.67. The van der Waals surface area contributed by atoms with Crippen LogP contribution in [0.4, 0.5) is 5.69 Å². The second kappa shape index (κ2) is 7.95. The maximum atomic E-state index is 13.2. The van der Waals surface area contributed by atoms with Gasteiger partial charge < -0.3 is 9.80 Å². The Kier molecular flexibility index (Phi) is 5.23. The number of hydrogen-bond acceptors (Lipinski definition) is 2. The van der Waals surface area contributed by atoms with Crippen LogP contribution in [0.2, 0.25) is 0 Å². The predicted octanol–water partition coefficient (Wildman–Crippen LogP) is 4.26. The van der Waals surface area contributed by atoms with E-state index in [4.69, 9.17) is 0 Å². The van der Waals surface area contributed by atoms with Gasteiger partial charge >= 0.3 is 0 Å². The Morgan fingerprint density at radius 2 is 1.56 bits per heavy atom. The number of rotatable bonds is 4. The number of anilines is 1. The van der Waals surface area contributed by atoms with Crippen LogP contribution < -0.4 is 4.90 Å². The van der Waals surface area contributed by atoms with Crippen LogP contribution in [0.5, 0.6) is 0 Å². The fourth-order valence-corrected chi connectivity index (χ4v) is 4.28. The van der Waals surface area contributed by atoms with Crippen molar-refractivity contribution in [3.05, 3.63) is 65.7 Å². The van der Waals surface area contributed by atoms with Gasteiger partial charge in [-0.25, -0.2) is 0 Å². The molecule has 2 aromatic carbocycles. The van der Waals surface area contributed by atoms with Gasteiger partial charge in [-0.05, 0) is 36.5 Å². The number of carbonyl (C=O) groups excluding carboxylic acids is 2. The summed E-state index contributed by atoms with van der Waals surface area (Å²) in [7, 11) is 0. The van der Waals surface area contributed by atoms with Crippen LogP contribution in [0.25, 0.3) is 0 Å². The van der Waals surface area contributed by atoms with Gasteiger partial charge in [-0.1, -0.05) is 61.7 Å². The summed E-state index contributed by atoms with van der Waals surface area (Å²) >= 11 is 0. The molecule has 1 heterocycles.